The minimum absolute atomic E-state index is 0.0532. The molecule has 0 radical (unpaired) electrons. The van der Waals surface area contributed by atoms with Crippen molar-refractivity contribution in [2.75, 3.05) is 13.1 Å². The molecule has 0 unspecified atom stereocenters. The van der Waals surface area contributed by atoms with Gasteiger partial charge in [0.25, 0.3) is 0 Å². The number of aryl methyl sites for hydroxylation is 2. The number of piperazine rings is 1. The average Bonchev–Trinajstić information content (AvgIpc) is 2.51. The molecule has 104 valence electrons. The second-order valence-corrected chi connectivity index (χ2v) is 6.24. The van der Waals surface area contributed by atoms with Crippen LogP contribution in [-0.2, 0) is 26.7 Å². The Morgan fingerprint density at radius 1 is 1.16 bits per heavy atom. The predicted molar refractivity (Wildman–Crippen MR) is 64.6 cm³/mol. The highest BCUT2D eigenvalue weighted by molar-refractivity contribution is 7.89. The maximum absolute atomic E-state index is 12.5. The Kier molecular flexibility index (Phi) is 3.19. The Bertz CT molecular complexity index is 645. The molecular weight excluding hydrogens is 272 g/mol. The van der Waals surface area contributed by atoms with E-state index in [-0.39, 0.29) is 18.0 Å². The molecule has 0 aliphatic carbocycles. The SMILES string of the molecule is Cc1nn(C)c(C)c1S(=O)(=O)N1CC(=O)NC(=O)C1. The number of nitrogens with one attached hydrogen (secondary N) is 1. The van der Waals surface area contributed by atoms with Crippen LogP contribution in [0.2, 0.25) is 0 Å². The molecule has 8 nitrogen and oxygen atoms in total. The summed E-state index contributed by atoms with van der Waals surface area (Å²) in [7, 11) is -2.27. The Morgan fingerprint density at radius 2 is 1.68 bits per heavy atom. The molecular formula is C10H14N4O4S. The molecule has 2 heterocycles. The van der Waals surface area contributed by atoms with Gasteiger partial charge in [-0.15, -0.1) is 0 Å². The zero-order valence-electron chi connectivity index (χ0n) is 10.8. The van der Waals surface area contributed by atoms with Crippen molar-refractivity contribution in [3.05, 3.63) is 11.4 Å². The Morgan fingerprint density at radius 3 is 2.11 bits per heavy atom. The van der Waals surface area contributed by atoms with E-state index in [1.54, 1.807) is 20.9 Å². The van der Waals surface area contributed by atoms with Crippen LogP contribution in [0.1, 0.15) is 11.4 Å². The lowest BCUT2D eigenvalue weighted by Crippen LogP contribution is -2.53. The number of rotatable bonds is 2. The van der Waals surface area contributed by atoms with Crippen molar-refractivity contribution in [2.45, 2.75) is 18.7 Å². The number of hydrogen-bond donors (Lipinski definition) is 1. The van der Waals surface area contributed by atoms with E-state index in [2.05, 4.69) is 10.4 Å². The van der Waals surface area contributed by atoms with Crippen LogP contribution in [0.25, 0.3) is 0 Å². The van der Waals surface area contributed by atoms with E-state index in [4.69, 9.17) is 0 Å². The molecule has 0 spiro atoms. The number of carbonyl (C=O) groups excluding carboxylic acids is 2. The van der Waals surface area contributed by atoms with Gasteiger partial charge in [-0.2, -0.15) is 9.40 Å². The lowest BCUT2D eigenvalue weighted by atomic mass is 10.4. The first kappa shape index (κ1) is 13.7. The third-order valence-electron chi connectivity index (χ3n) is 2.96. The van der Waals surface area contributed by atoms with Gasteiger partial charge in [0.1, 0.15) is 4.90 Å². The van der Waals surface area contributed by atoms with Gasteiger partial charge in [-0.25, -0.2) is 8.42 Å². The molecule has 19 heavy (non-hydrogen) atoms. The number of hydrogen-bond acceptors (Lipinski definition) is 5. The summed E-state index contributed by atoms with van der Waals surface area (Å²) in [6, 6.07) is 0. The molecule has 1 aliphatic heterocycles. The highest BCUT2D eigenvalue weighted by Crippen LogP contribution is 2.23. The third kappa shape index (κ3) is 2.26. The topological polar surface area (TPSA) is 101 Å². The zero-order valence-corrected chi connectivity index (χ0v) is 11.6. The summed E-state index contributed by atoms with van der Waals surface area (Å²) in [5, 5.41) is 6.10. The fraction of sp³-hybridized carbons (Fsp3) is 0.500. The maximum Gasteiger partial charge on any atom is 0.247 e. The molecule has 1 aromatic rings. The predicted octanol–water partition coefficient (Wildman–Crippen LogP) is -1.32. The first-order chi connectivity index (χ1) is 8.73. The molecule has 1 saturated heterocycles. The monoisotopic (exact) mass is 286 g/mol. The normalized spacial score (nSPS) is 17.6. The van der Waals surface area contributed by atoms with Gasteiger partial charge < -0.3 is 0 Å². The quantitative estimate of drug-likeness (QED) is 0.680. The maximum atomic E-state index is 12.5. The molecule has 0 atom stereocenters. The molecule has 0 aromatic carbocycles. The number of nitrogens with zero attached hydrogens (tertiary/aromatic N) is 3. The van der Waals surface area contributed by atoms with Crippen LogP contribution in [0.4, 0.5) is 0 Å². The minimum Gasteiger partial charge on any atom is -0.294 e. The van der Waals surface area contributed by atoms with Crippen LogP contribution in [0.15, 0.2) is 4.90 Å². The summed E-state index contributed by atoms with van der Waals surface area (Å²) in [6.07, 6.45) is 0. The van der Waals surface area contributed by atoms with Crippen LogP contribution >= 0.6 is 0 Å². The molecule has 1 fully saturated rings. The van der Waals surface area contributed by atoms with Crippen LogP contribution in [0.5, 0.6) is 0 Å². The van der Waals surface area contributed by atoms with Gasteiger partial charge in [0.05, 0.1) is 24.5 Å². The number of carbonyl (C=O) groups is 2. The second-order valence-electron chi connectivity index (χ2n) is 4.37. The number of amides is 2. The molecule has 2 amide bonds. The number of imide groups is 1. The molecule has 1 aromatic heterocycles. The van der Waals surface area contributed by atoms with E-state index in [1.165, 1.54) is 4.68 Å². The lowest BCUT2D eigenvalue weighted by Gasteiger charge is -2.24. The van der Waals surface area contributed by atoms with Crippen molar-refractivity contribution in [2.24, 2.45) is 7.05 Å². The van der Waals surface area contributed by atoms with E-state index in [9.17, 15) is 18.0 Å². The first-order valence-corrected chi connectivity index (χ1v) is 7.00. The zero-order chi connectivity index (χ0) is 14.4. The van der Waals surface area contributed by atoms with Crippen molar-refractivity contribution in [1.29, 1.82) is 0 Å². The molecule has 1 N–H and O–H groups in total. The highest BCUT2D eigenvalue weighted by atomic mass is 32.2. The fourth-order valence-electron chi connectivity index (χ4n) is 2.04. The number of aromatic nitrogens is 2. The van der Waals surface area contributed by atoms with E-state index in [0.717, 1.165) is 4.31 Å². The summed E-state index contributed by atoms with van der Waals surface area (Å²) < 4.78 is 27.3. The van der Waals surface area contributed by atoms with Crippen molar-refractivity contribution in [3.63, 3.8) is 0 Å². The van der Waals surface area contributed by atoms with Gasteiger partial charge in [-0.3, -0.25) is 19.6 Å². The van der Waals surface area contributed by atoms with Crippen LogP contribution in [-0.4, -0.2) is 47.4 Å². The summed E-state index contributed by atoms with van der Waals surface area (Å²) in [5.41, 5.74) is 0.814. The van der Waals surface area contributed by atoms with Crippen molar-refractivity contribution in [1.82, 2.24) is 19.4 Å². The van der Waals surface area contributed by atoms with Crippen LogP contribution < -0.4 is 5.32 Å². The standard InChI is InChI=1S/C10H14N4O4S/c1-6-10(7(2)13(3)12-6)19(17,18)14-4-8(15)11-9(16)5-14/h4-5H2,1-3H3,(H,11,15,16). The molecule has 0 saturated carbocycles. The Labute approximate surface area is 110 Å². The van der Waals surface area contributed by atoms with Gasteiger partial charge in [0, 0.05) is 7.05 Å². The van der Waals surface area contributed by atoms with Crippen LogP contribution in [0.3, 0.4) is 0 Å². The van der Waals surface area contributed by atoms with Gasteiger partial charge >= 0.3 is 0 Å². The van der Waals surface area contributed by atoms with Gasteiger partial charge in [-0.1, -0.05) is 0 Å². The van der Waals surface area contributed by atoms with Gasteiger partial charge in [0.15, 0.2) is 0 Å². The Balaban J connectivity index is 2.48. The van der Waals surface area contributed by atoms with Gasteiger partial charge in [0.2, 0.25) is 21.8 Å². The summed E-state index contributed by atoms with van der Waals surface area (Å²) in [4.78, 5) is 22.6. The van der Waals surface area contributed by atoms with Crippen molar-refractivity contribution >= 4 is 21.8 Å². The minimum atomic E-state index is -3.90. The average molecular weight is 286 g/mol. The largest absolute Gasteiger partial charge is 0.294 e. The molecule has 0 bridgehead atoms. The van der Waals surface area contributed by atoms with Crippen LogP contribution in [0, 0.1) is 13.8 Å². The van der Waals surface area contributed by atoms with Crippen molar-refractivity contribution in [3.8, 4) is 0 Å². The van der Waals surface area contributed by atoms with E-state index < -0.39 is 21.8 Å². The van der Waals surface area contributed by atoms with Gasteiger partial charge in [-0.05, 0) is 13.8 Å². The lowest BCUT2D eigenvalue weighted by molar-refractivity contribution is -0.134. The molecule has 1 aliphatic rings. The molecule has 2 rings (SSSR count). The molecule has 9 heteroatoms. The van der Waals surface area contributed by atoms with Crippen molar-refractivity contribution < 1.29 is 18.0 Å². The summed E-state index contributed by atoms with van der Waals surface area (Å²) in [6.45, 7) is 2.48. The highest BCUT2D eigenvalue weighted by Gasteiger charge is 2.36. The second kappa shape index (κ2) is 4.42. The summed E-state index contributed by atoms with van der Waals surface area (Å²) >= 11 is 0. The van der Waals surface area contributed by atoms with E-state index >= 15 is 0 Å². The van der Waals surface area contributed by atoms with E-state index in [0.29, 0.717) is 11.4 Å². The van der Waals surface area contributed by atoms with E-state index in [1.807, 2.05) is 0 Å². The third-order valence-corrected chi connectivity index (χ3v) is 5.00. The Hall–Kier alpha value is -1.74. The smallest absolute Gasteiger partial charge is 0.247 e. The number of sulfonamides is 1. The summed E-state index contributed by atoms with van der Waals surface area (Å²) in [5.74, 6) is -1.25. The first-order valence-electron chi connectivity index (χ1n) is 5.56. The fourth-order valence-corrected chi connectivity index (χ4v) is 3.79.